The van der Waals surface area contributed by atoms with Crippen molar-refractivity contribution in [3.05, 3.63) is 75.9 Å². The normalized spacial score (nSPS) is 16.1. The van der Waals surface area contributed by atoms with E-state index in [4.69, 9.17) is 4.74 Å². The zero-order valence-corrected chi connectivity index (χ0v) is 12.0. The van der Waals surface area contributed by atoms with E-state index < -0.39 is 5.97 Å². The van der Waals surface area contributed by atoms with Crippen LogP contribution in [0, 0.1) is 0 Å². The lowest BCUT2D eigenvalue weighted by atomic mass is 10.2. The van der Waals surface area contributed by atoms with Crippen LogP contribution < -0.4 is 0 Å². The first kappa shape index (κ1) is 12.8. The molecular weight excluding hydrogens is 318 g/mol. The predicted molar refractivity (Wildman–Crippen MR) is 81.2 cm³/mol. The molecule has 0 unspecified atom stereocenters. The average molecular weight is 328 g/mol. The number of halogens is 1. The van der Waals surface area contributed by atoms with E-state index in [9.17, 15) is 4.79 Å². The van der Waals surface area contributed by atoms with Crippen LogP contribution in [0.1, 0.15) is 11.1 Å². The van der Waals surface area contributed by atoms with E-state index in [0.29, 0.717) is 11.6 Å². The molecule has 20 heavy (non-hydrogen) atoms. The summed E-state index contributed by atoms with van der Waals surface area (Å²) in [6, 6.07) is 17.0. The fraction of sp³-hybridized carbons (Fsp3) is 0. The maximum absolute atomic E-state index is 11.8. The van der Waals surface area contributed by atoms with Crippen molar-refractivity contribution in [3.63, 3.8) is 0 Å². The number of ether oxygens (including phenoxy) is 1. The van der Waals surface area contributed by atoms with Crippen LogP contribution in [0.2, 0.25) is 0 Å². The van der Waals surface area contributed by atoms with E-state index in [-0.39, 0.29) is 0 Å². The molecule has 0 aromatic heterocycles. The number of hydrogen-bond acceptors (Lipinski definition) is 3. The van der Waals surface area contributed by atoms with Crippen LogP contribution in [0.3, 0.4) is 0 Å². The van der Waals surface area contributed by atoms with Crippen molar-refractivity contribution >= 4 is 33.9 Å². The van der Waals surface area contributed by atoms with E-state index in [1.165, 1.54) is 0 Å². The minimum absolute atomic E-state index is 0.307. The molecule has 2 aromatic carbocycles. The van der Waals surface area contributed by atoms with Crippen LogP contribution in [0.4, 0.5) is 0 Å². The molecule has 0 N–H and O–H groups in total. The molecule has 0 saturated carbocycles. The molecule has 3 nitrogen and oxygen atoms in total. The van der Waals surface area contributed by atoms with Crippen molar-refractivity contribution in [3.8, 4) is 0 Å². The summed E-state index contributed by atoms with van der Waals surface area (Å²) < 4.78 is 6.14. The molecule has 1 aliphatic heterocycles. The topological polar surface area (TPSA) is 38.7 Å². The Labute approximate surface area is 124 Å². The van der Waals surface area contributed by atoms with Crippen molar-refractivity contribution in [1.82, 2.24) is 0 Å². The SMILES string of the molecule is O=C1OC(c2ccccc2)=NC1=Cc1cccc(Br)c1. The third kappa shape index (κ3) is 2.70. The molecule has 1 aliphatic rings. The number of carbonyl (C=O) groups is 1. The van der Waals surface area contributed by atoms with Gasteiger partial charge in [0, 0.05) is 10.0 Å². The van der Waals surface area contributed by atoms with Gasteiger partial charge in [0.15, 0.2) is 5.70 Å². The summed E-state index contributed by atoms with van der Waals surface area (Å²) in [5.41, 5.74) is 1.99. The molecule has 0 aliphatic carbocycles. The molecule has 98 valence electrons. The third-order valence-electron chi connectivity index (χ3n) is 2.79. The van der Waals surface area contributed by atoms with E-state index in [1.807, 2.05) is 54.6 Å². The first-order valence-corrected chi connectivity index (χ1v) is 6.85. The third-order valence-corrected chi connectivity index (χ3v) is 3.29. The quantitative estimate of drug-likeness (QED) is 0.621. The first-order valence-electron chi connectivity index (χ1n) is 6.06. The number of nitrogens with zero attached hydrogens (tertiary/aromatic N) is 1. The minimum Gasteiger partial charge on any atom is -0.402 e. The average Bonchev–Trinajstić information content (AvgIpc) is 2.81. The van der Waals surface area contributed by atoms with Crippen molar-refractivity contribution < 1.29 is 9.53 Å². The summed E-state index contributed by atoms with van der Waals surface area (Å²) in [6.07, 6.45) is 1.71. The van der Waals surface area contributed by atoms with Crippen molar-refractivity contribution in [2.45, 2.75) is 0 Å². The Kier molecular flexibility index (Phi) is 3.48. The van der Waals surface area contributed by atoms with Gasteiger partial charge in [-0.3, -0.25) is 0 Å². The molecule has 1 heterocycles. The van der Waals surface area contributed by atoms with E-state index >= 15 is 0 Å². The molecule has 0 atom stereocenters. The Morgan fingerprint density at radius 2 is 1.85 bits per heavy atom. The Bertz CT molecular complexity index is 720. The van der Waals surface area contributed by atoms with E-state index in [1.54, 1.807) is 6.08 Å². The van der Waals surface area contributed by atoms with Gasteiger partial charge < -0.3 is 4.74 Å². The van der Waals surface area contributed by atoms with Gasteiger partial charge in [0.25, 0.3) is 0 Å². The number of hydrogen-bond donors (Lipinski definition) is 0. The van der Waals surface area contributed by atoms with Crippen molar-refractivity contribution in [2.24, 2.45) is 4.99 Å². The largest absolute Gasteiger partial charge is 0.402 e. The maximum atomic E-state index is 11.8. The zero-order chi connectivity index (χ0) is 13.9. The van der Waals surface area contributed by atoms with Crippen LogP contribution >= 0.6 is 15.9 Å². The second-order valence-electron chi connectivity index (χ2n) is 4.26. The summed E-state index contributed by atoms with van der Waals surface area (Å²) in [7, 11) is 0. The molecule has 2 aromatic rings. The highest BCUT2D eigenvalue weighted by atomic mass is 79.9. The molecule has 3 rings (SSSR count). The summed E-state index contributed by atoms with van der Waals surface area (Å²) >= 11 is 3.39. The number of cyclic esters (lactones) is 1. The number of aliphatic imine (C=N–C) groups is 1. The van der Waals surface area contributed by atoms with Crippen LogP contribution in [-0.2, 0) is 9.53 Å². The molecule has 0 fully saturated rings. The minimum atomic E-state index is -0.427. The smallest absolute Gasteiger partial charge is 0.363 e. The van der Waals surface area contributed by atoms with E-state index in [0.717, 1.165) is 15.6 Å². The first-order chi connectivity index (χ1) is 9.72. The van der Waals surface area contributed by atoms with Gasteiger partial charge in [-0.05, 0) is 35.9 Å². The second kappa shape index (κ2) is 5.43. The number of rotatable bonds is 2. The standard InChI is InChI=1S/C16H10BrNO2/c17-13-8-4-5-11(9-13)10-14-16(19)20-15(18-14)12-6-2-1-3-7-12/h1-10H. The fourth-order valence-corrected chi connectivity index (χ4v) is 2.28. The summed E-state index contributed by atoms with van der Waals surface area (Å²) in [5.74, 6) is -0.0827. The lowest BCUT2D eigenvalue weighted by Gasteiger charge is -1.97. The summed E-state index contributed by atoms with van der Waals surface area (Å²) in [6.45, 7) is 0. The second-order valence-corrected chi connectivity index (χ2v) is 5.17. The highest BCUT2D eigenvalue weighted by molar-refractivity contribution is 9.10. The van der Waals surface area contributed by atoms with Gasteiger partial charge in [0.05, 0.1) is 0 Å². The number of benzene rings is 2. The van der Waals surface area contributed by atoms with Crippen LogP contribution in [0.25, 0.3) is 6.08 Å². The summed E-state index contributed by atoms with van der Waals surface area (Å²) in [4.78, 5) is 16.1. The van der Waals surface area contributed by atoms with Crippen LogP contribution in [-0.4, -0.2) is 11.9 Å². The van der Waals surface area contributed by atoms with Gasteiger partial charge in [-0.2, -0.15) is 0 Å². The van der Waals surface area contributed by atoms with Gasteiger partial charge >= 0.3 is 5.97 Å². The van der Waals surface area contributed by atoms with Gasteiger partial charge in [-0.25, -0.2) is 9.79 Å². The lowest BCUT2D eigenvalue weighted by Crippen LogP contribution is -2.04. The van der Waals surface area contributed by atoms with Crippen molar-refractivity contribution in [1.29, 1.82) is 0 Å². The zero-order valence-electron chi connectivity index (χ0n) is 10.4. The molecule has 0 spiro atoms. The molecule has 0 saturated heterocycles. The molecule has 0 radical (unpaired) electrons. The van der Waals surface area contributed by atoms with Crippen LogP contribution in [0.5, 0.6) is 0 Å². The lowest BCUT2D eigenvalue weighted by molar-refractivity contribution is -0.129. The predicted octanol–water partition coefficient (Wildman–Crippen LogP) is 3.79. The number of esters is 1. The van der Waals surface area contributed by atoms with Crippen molar-refractivity contribution in [2.75, 3.05) is 0 Å². The van der Waals surface area contributed by atoms with Gasteiger partial charge in [-0.15, -0.1) is 0 Å². The Balaban J connectivity index is 1.95. The van der Waals surface area contributed by atoms with Gasteiger partial charge in [0.1, 0.15) is 0 Å². The fourth-order valence-electron chi connectivity index (χ4n) is 1.87. The molecular formula is C16H10BrNO2. The highest BCUT2D eigenvalue weighted by Gasteiger charge is 2.23. The van der Waals surface area contributed by atoms with Gasteiger partial charge in [-0.1, -0.05) is 46.3 Å². The maximum Gasteiger partial charge on any atom is 0.363 e. The van der Waals surface area contributed by atoms with Gasteiger partial charge in [0.2, 0.25) is 5.90 Å². The number of carbonyl (C=O) groups excluding carboxylic acids is 1. The Morgan fingerprint density at radius 3 is 2.60 bits per heavy atom. The molecule has 0 bridgehead atoms. The molecule has 0 amide bonds. The highest BCUT2D eigenvalue weighted by Crippen LogP contribution is 2.20. The molecule has 4 heteroatoms. The summed E-state index contributed by atoms with van der Waals surface area (Å²) in [5, 5.41) is 0. The Morgan fingerprint density at radius 1 is 1.05 bits per heavy atom. The van der Waals surface area contributed by atoms with E-state index in [2.05, 4.69) is 20.9 Å². The van der Waals surface area contributed by atoms with Crippen LogP contribution in [0.15, 0.2) is 69.8 Å². The monoisotopic (exact) mass is 327 g/mol. The Hall–Kier alpha value is -2.20.